The Bertz CT molecular complexity index is 1050. The number of nitrogens with two attached hydrogens (primary N) is 2. The number of rotatable bonds is 6. The standard InChI is InChI=1S/C21H20FN5O2/c1-12(14-5-7-16(22)8-6-14)26-21(29)15-4-2-3-13(9-15)10-17-11-25-19(23)18(27-17)20(24)28/h2-9,11-12H,10H2,1H3,(H2,23,25)(H2,24,28)(H,26,29). The normalized spacial score (nSPS) is 11.7. The van der Waals surface area contributed by atoms with Crippen LogP contribution in [0.5, 0.6) is 0 Å². The Balaban J connectivity index is 1.73. The van der Waals surface area contributed by atoms with E-state index in [9.17, 15) is 14.0 Å². The molecule has 0 spiro atoms. The van der Waals surface area contributed by atoms with Gasteiger partial charge in [-0.25, -0.2) is 14.4 Å². The van der Waals surface area contributed by atoms with Gasteiger partial charge >= 0.3 is 0 Å². The van der Waals surface area contributed by atoms with Crippen molar-refractivity contribution in [2.75, 3.05) is 5.73 Å². The number of carbonyl (C=O) groups excluding carboxylic acids is 2. The van der Waals surface area contributed by atoms with Gasteiger partial charge in [0.15, 0.2) is 11.5 Å². The van der Waals surface area contributed by atoms with Crippen LogP contribution in [0.15, 0.2) is 54.7 Å². The van der Waals surface area contributed by atoms with Crippen molar-refractivity contribution in [1.29, 1.82) is 0 Å². The van der Waals surface area contributed by atoms with Crippen LogP contribution >= 0.6 is 0 Å². The zero-order valence-corrected chi connectivity index (χ0v) is 15.7. The molecule has 0 saturated carbocycles. The Kier molecular flexibility index (Phi) is 5.82. The van der Waals surface area contributed by atoms with Crippen LogP contribution in [0.25, 0.3) is 0 Å². The van der Waals surface area contributed by atoms with Gasteiger partial charge in [-0.05, 0) is 42.3 Å². The van der Waals surface area contributed by atoms with Crippen molar-refractivity contribution in [3.63, 3.8) is 0 Å². The highest BCUT2D eigenvalue weighted by Gasteiger charge is 2.14. The van der Waals surface area contributed by atoms with E-state index in [1.54, 1.807) is 30.3 Å². The first-order valence-corrected chi connectivity index (χ1v) is 8.90. The van der Waals surface area contributed by atoms with Crippen LogP contribution < -0.4 is 16.8 Å². The minimum Gasteiger partial charge on any atom is -0.382 e. The maximum Gasteiger partial charge on any atom is 0.271 e. The number of anilines is 1. The first kappa shape index (κ1) is 19.9. The van der Waals surface area contributed by atoms with E-state index >= 15 is 0 Å². The molecule has 1 unspecified atom stereocenters. The van der Waals surface area contributed by atoms with Gasteiger partial charge in [-0.1, -0.05) is 24.3 Å². The van der Waals surface area contributed by atoms with Crippen molar-refractivity contribution in [2.24, 2.45) is 5.73 Å². The number of benzene rings is 2. The van der Waals surface area contributed by atoms with Crippen LogP contribution in [0.2, 0.25) is 0 Å². The number of primary amides is 1. The molecule has 0 aliphatic rings. The molecule has 1 atom stereocenters. The van der Waals surface area contributed by atoms with Gasteiger partial charge in [-0.3, -0.25) is 9.59 Å². The number of amides is 2. The maximum atomic E-state index is 13.1. The predicted molar refractivity (Wildman–Crippen MR) is 106 cm³/mol. The molecule has 0 aliphatic heterocycles. The summed E-state index contributed by atoms with van der Waals surface area (Å²) in [5, 5.41) is 2.89. The van der Waals surface area contributed by atoms with E-state index in [1.165, 1.54) is 18.3 Å². The monoisotopic (exact) mass is 393 g/mol. The Labute approximate surface area is 167 Å². The molecule has 0 saturated heterocycles. The first-order valence-electron chi connectivity index (χ1n) is 8.90. The lowest BCUT2D eigenvalue weighted by atomic mass is 10.0. The van der Waals surface area contributed by atoms with Crippen molar-refractivity contribution in [3.05, 3.63) is 88.6 Å². The van der Waals surface area contributed by atoms with Crippen LogP contribution in [0, 0.1) is 5.82 Å². The van der Waals surface area contributed by atoms with Gasteiger partial charge in [0.2, 0.25) is 0 Å². The highest BCUT2D eigenvalue weighted by atomic mass is 19.1. The number of nitrogens with one attached hydrogen (secondary N) is 1. The van der Waals surface area contributed by atoms with Crippen LogP contribution in [0.3, 0.4) is 0 Å². The SMILES string of the molecule is CC(NC(=O)c1cccc(Cc2cnc(N)c(C(N)=O)n2)c1)c1ccc(F)cc1. The Morgan fingerprint density at radius 1 is 1.17 bits per heavy atom. The van der Waals surface area contributed by atoms with Gasteiger partial charge < -0.3 is 16.8 Å². The number of halogens is 1. The van der Waals surface area contributed by atoms with Crippen molar-refractivity contribution < 1.29 is 14.0 Å². The molecular weight excluding hydrogens is 373 g/mol. The van der Waals surface area contributed by atoms with E-state index in [4.69, 9.17) is 11.5 Å². The summed E-state index contributed by atoms with van der Waals surface area (Å²) in [4.78, 5) is 32.1. The minimum absolute atomic E-state index is 0.0239. The maximum absolute atomic E-state index is 13.1. The van der Waals surface area contributed by atoms with Crippen LogP contribution in [-0.4, -0.2) is 21.8 Å². The first-order chi connectivity index (χ1) is 13.8. The second-order valence-corrected chi connectivity index (χ2v) is 6.58. The lowest BCUT2D eigenvalue weighted by molar-refractivity contribution is 0.0938. The van der Waals surface area contributed by atoms with Crippen LogP contribution in [-0.2, 0) is 6.42 Å². The molecule has 0 fully saturated rings. The highest BCUT2D eigenvalue weighted by Crippen LogP contribution is 2.16. The van der Waals surface area contributed by atoms with E-state index in [0.717, 1.165) is 11.1 Å². The molecule has 1 heterocycles. The molecule has 0 bridgehead atoms. The smallest absolute Gasteiger partial charge is 0.271 e. The third-order valence-corrected chi connectivity index (χ3v) is 4.38. The summed E-state index contributed by atoms with van der Waals surface area (Å²) in [5.74, 6) is -1.36. The summed E-state index contributed by atoms with van der Waals surface area (Å²) < 4.78 is 13.1. The molecule has 7 nitrogen and oxygen atoms in total. The summed E-state index contributed by atoms with van der Waals surface area (Å²) in [5.41, 5.74) is 13.3. The number of aromatic nitrogens is 2. The zero-order chi connectivity index (χ0) is 21.0. The number of hydrogen-bond donors (Lipinski definition) is 3. The molecule has 2 aromatic carbocycles. The van der Waals surface area contributed by atoms with Gasteiger partial charge in [0.25, 0.3) is 11.8 Å². The molecule has 3 aromatic rings. The topological polar surface area (TPSA) is 124 Å². The van der Waals surface area contributed by atoms with Crippen molar-refractivity contribution >= 4 is 17.6 Å². The number of nitrogen functional groups attached to an aromatic ring is 1. The molecule has 8 heteroatoms. The number of carbonyl (C=O) groups is 2. The third kappa shape index (κ3) is 4.92. The average Bonchev–Trinajstić information content (AvgIpc) is 2.70. The second-order valence-electron chi connectivity index (χ2n) is 6.58. The molecule has 1 aromatic heterocycles. The Morgan fingerprint density at radius 2 is 1.90 bits per heavy atom. The highest BCUT2D eigenvalue weighted by molar-refractivity contribution is 5.95. The van der Waals surface area contributed by atoms with E-state index in [2.05, 4.69) is 15.3 Å². The van der Waals surface area contributed by atoms with Crippen molar-refractivity contribution in [1.82, 2.24) is 15.3 Å². The van der Waals surface area contributed by atoms with Crippen molar-refractivity contribution in [2.45, 2.75) is 19.4 Å². The van der Waals surface area contributed by atoms with Crippen LogP contribution in [0.1, 0.15) is 50.6 Å². The molecule has 148 valence electrons. The molecule has 0 aliphatic carbocycles. The van der Waals surface area contributed by atoms with E-state index in [-0.39, 0.29) is 29.3 Å². The van der Waals surface area contributed by atoms with E-state index in [1.807, 2.05) is 13.0 Å². The predicted octanol–water partition coefficient (Wildman–Crippen LogP) is 2.38. The molecule has 0 radical (unpaired) electrons. The number of nitrogens with zero attached hydrogens (tertiary/aromatic N) is 2. The Morgan fingerprint density at radius 3 is 2.59 bits per heavy atom. The molecule has 3 rings (SSSR count). The summed E-state index contributed by atoms with van der Waals surface area (Å²) in [7, 11) is 0. The average molecular weight is 393 g/mol. The molecule has 2 amide bonds. The summed E-state index contributed by atoms with van der Waals surface area (Å²) in [6, 6.07) is 12.7. The van der Waals surface area contributed by atoms with Crippen LogP contribution in [0.4, 0.5) is 10.2 Å². The minimum atomic E-state index is -0.750. The number of hydrogen-bond acceptors (Lipinski definition) is 5. The molecule has 29 heavy (non-hydrogen) atoms. The summed E-state index contributed by atoms with van der Waals surface area (Å²) in [6.07, 6.45) is 1.81. The quantitative estimate of drug-likeness (QED) is 0.593. The van der Waals surface area contributed by atoms with Gasteiger partial charge in [0.05, 0.1) is 17.9 Å². The summed E-state index contributed by atoms with van der Waals surface area (Å²) >= 11 is 0. The van der Waals surface area contributed by atoms with Gasteiger partial charge in [0, 0.05) is 12.0 Å². The van der Waals surface area contributed by atoms with E-state index in [0.29, 0.717) is 17.7 Å². The third-order valence-electron chi connectivity index (χ3n) is 4.38. The lowest BCUT2D eigenvalue weighted by Crippen LogP contribution is -2.26. The second kappa shape index (κ2) is 8.47. The molecular formula is C21H20FN5O2. The Hall–Kier alpha value is -3.81. The fourth-order valence-corrected chi connectivity index (χ4v) is 2.85. The van der Waals surface area contributed by atoms with Gasteiger partial charge in [0.1, 0.15) is 5.82 Å². The van der Waals surface area contributed by atoms with Crippen molar-refractivity contribution in [3.8, 4) is 0 Å². The fourth-order valence-electron chi connectivity index (χ4n) is 2.85. The fraction of sp³-hybridized carbons (Fsp3) is 0.143. The molecule has 5 N–H and O–H groups in total. The van der Waals surface area contributed by atoms with Gasteiger partial charge in [-0.2, -0.15) is 0 Å². The lowest BCUT2D eigenvalue weighted by Gasteiger charge is -2.15. The van der Waals surface area contributed by atoms with E-state index < -0.39 is 5.91 Å². The van der Waals surface area contributed by atoms with Gasteiger partial charge in [-0.15, -0.1) is 0 Å². The zero-order valence-electron chi connectivity index (χ0n) is 15.7. The summed E-state index contributed by atoms with van der Waals surface area (Å²) in [6.45, 7) is 1.82. The largest absolute Gasteiger partial charge is 0.382 e.